The molecule has 6 heteroatoms. The van der Waals surface area contributed by atoms with Crippen LogP contribution >= 0.6 is 11.8 Å². The number of benzene rings is 1. The Kier molecular flexibility index (Phi) is 7.12. The molecule has 0 bridgehead atoms. The zero-order valence-corrected chi connectivity index (χ0v) is 16.7. The van der Waals surface area contributed by atoms with Crippen LogP contribution in [0.5, 0.6) is 0 Å². The van der Waals surface area contributed by atoms with Crippen molar-refractivity contribution in [1.82, 2.24) is 5.32 Å². The lowest BCUT2D eigenvalue weighted by Gasteiger charge is -2.21. The molecule has 144 valence electrons. The van der Waals surface area contributed by atoms with Gasteiger partial charge in [0.05, 0.1) is 5.60 Å². The number of thioether (sulfide) groups is 1. The molecule has 2 rings (SSSR count). The van der Waals surface area contributed by atoms with Gasteiger partial charge in [0.1, 0.15) is 5.60 Å². The van der Waals surface area contributed by atoms with Gasteiger partial charge >= 0.3 is 6.09 Å². The topological polar surface area (TPSA) is 75.6 Å². The highest BCUT2D eigenvalue weighted by Gasteiger charge is 2.30. The minimum atomic E-state index is -0.567. The van der Waals surface area contributed by atoms with E-state index in [1.54, 1.807) is 38.6 Å². The fraction of sp³-hybridized carbons (Fsp3) is 0.600. The summed E-state index contributed by atoms with van der Waals surface area (Å²) in [6, 6.07) is 7.46. The van der Waals surface area contributed by atoms with Gasteiger partial charge in [0, 0.05) is 29.2 Å². The van der Waals surface area contributed by atoms with Gasteiger partial charge in [0.15, 0.2) is 5.78 Å². The number of nitrogens with one attached hydrogen (secondary N) is 1. The summed E-state index contributed by atoms with van der Waals surface area (Å²) < 4.78 is 5.15. The predicted octanol–water partition coefficient (Wildman–Crippen LogP) is 4.18. The Morgan fingerprint density at radius 3 is 2.62 bits per heavy atom. The summed E-state index contributed by atoms with van der Waals surface area (Å²) in [5, 5.41) is 13.0. The summed E-state index contributed by atoms with van der Waals surface area (Å²) in [6.45, 7) is 5.62. The number of carbonyl (C=O) groups excluding carboxylic acids is 2. The lowest BCUT2D eigenvalue weighted by molar-refractivity contribution is 0.0527. The van der Waals surface area contributed by atoms with Crippen molar-refractivity contribution in [3.63, 3.8) is 0 Å². The number of rotatable bonds is 7. The summed E-state index contributed by atoms with van der Waals surface area (Å²) in [5.41, 5.74) is -0.496. The molecule has 1 aromatic rings. The Balaban J connectivity index is 1.81. The fourth-order valence-corrected chi connectivity index (χ4v) is 4.00. The molecule has 1 amide bonds. The molecule has 2 N–H and O–H groups in total. The first-order valence-electron chi connectivity index (χ1n) is 9.12. The van der Waals surface area contributed by atoms with E-state index in [1.807, 2.05) is 18.2 Å². The van der Waals surface area contributed by atoms with E-state index < -0.39 is 17.3 Å². The van der Waals surface area contributed by atoms with E-state index in [0.29, 0.717) is 11.3 Å². The highest BCUT2D eigenvalue weighted by Crippen LogP contribution is 2.34. The second kappa shape index (κ2) is 8.91. The van der Waals surface area contributed by atoms with E-state index in [2.05, 4.69) is 5.32 Å². The van der Waals surface area contributed by atoms with E-state index >= 15 is 0 Å². The molecule has 0 aliphatic heterocycles. The van der Waals surface area contributed by atoms with Gasteiger partial charge in [-0.3, -0.25) is 4.79 Å². The number of ketones is 1. The van der Waals surface area contributed by atoms with Crippen molar-refractivity contribution in [2.75, 3.05) is 12.3 Å². The molecule has 0 atom stereocenters. The number of alkyl carbamates (subject to hydrolysis) is 1. The Labute approximate surface area is 159 Å². The molecule has 0 saturated heterocycles. The first-order chi connectivity index (χ1) is 12.2. The molecule has 26 heavy (non-hydrogen) atoms. The summed E-state index contributed by atoms with van der Waals surface area (Å²) >= 11 is 1.59. The smallest absolute Gasteiger partial charge is 0.407 e. The first kappa shape index (κ1) is 20.8. The molecule has 0 heterocycles. The van der Waals surface area contributed by atoms with Crippen molar-refractivity contribution in [3.8, 4) is 0 Å². The van der Waals surface area contributed by atoms with Gasteiger partial charge in [-0.1, -0.05) is 25.0 Å². The monoisotopic (exact) mass is 379 g/mol. The number of hydrogen-bond acceptors (Lipinski definition) is 5. The van der Waals surface area contributed by atoms with E-state index in [1.165, 1.54) is 0 Å². The van der Waals surface area contributed by atoms with Crippen LogP contribution < -0.4 is 5.32 Å². The molecular formula is C20H29NO4S. The van der Waals surface area contributed by atoms with Crippen LogP contribution in [-0.4, -0.2) is 40.5 Å². The normalized spacial score (nSPS) is 16.3. The van der Waals surface area contributed by atoms with Crippen LogP contribution in [0.1, 0.15) is 63.2 Å². The van der Waals surface area contributed by atoms with Crippen LogP contribution in [0.25, 0.3) is 0 Å². The van der Waals surface area contributed by atoms with Crippen LogP contribution in [0.2, 0.25) is 0 Å². The Hall–Kier alpha value is -1.53. The van der Waals surface area contributed by atoms with E-state index in [4.69, 9.17) is 4.74 Å². The van der Waals surface area contributed by atoms with Crippen LogP contribution in [0.3, 0.4) is 0 Å². The third kappa shape index (κ3) is 7.00. The largest absolute Gasteiger partial charge is 0.444 e. The zero-order chi connectivity index (χ0) is 19.2. The number of hydrogen-bond donors (Lipinski definition) is 2. The molecular weight excluding hydrogens is 350 g/mol. The average Bonchev–Trinajstić information content (AvgIpc) is 2.99. The molecule has 0 radical (unpaired) electrons. The van der Waals surface area contributed by atoms with Crippen molar-refractivity contribution in [2.24, 2.45) is 0 Å². The van der Waals surface area contributed by atoms with Gasteiger partial charge in [-0.05, 0) is 45.7 Å². The molecule has 5 nitrogen and oxygen atoms in total. The maximum atomic E-state index is 12.3. The maximum Gasteiger partial charge on any atom is 0.407 e. The van der Waals surface area contributed by atoms with Gasteiger partial charge in [0.25, 0.3) is 0 Å². The number of amides is 1. The third-order valence-electron chi connectivity index (χ3n) is 4.22. The number of aliphatic hydroxyl groups is 1. The summed E-state index contributed by atoms with van der Waals surface area (Å²) in [5.74, 6) is 0.633. The molecule has 0 spiro atoms. The lowest BCUT2D eigenvalue weighted by Crippen LogP contribution is -2.33. The van der Waals surface area contributed by atoms with Gasteiger partial charge in [0.2, 0.25) is 0 Å². The summed E-state index contributed by atoms with van der Waals surface area (Å²) in [4.78, 5) is 24.9. The summed E-state index contributed by atoms with van der Waals surface area (Å²) in [6.07, 6.45) is 3.58. The van der Waals surface area contributed by atoms with Crippen LogP contribution in [0.4, 0.5) is 4.79 Å². The minimum Gasteiger partial charge on any atom is -0.444 e. The Morgan fingerprint density at radius 2 is 1.96 bits per heavy atom. The van der Waals surface area contributed by atoms with Gasteiger partial charge in [-0.25, -0.2) is 4.79 Å². The standard InChI is InChI=1S/C20H29NO4S/c1-19(2,3)25-18(23)21-12-9-17(22)15-7-6-8-16(13-15)26-14-20(24)10-4-5-11-20/h6-8,13,24H,4-5,9-12,14H2,1-3H3,(H,21,23). The Bertz CT molecular complexity index is 633. The van der Waals surface area contributed by atoms with Crippen molar-refractivity contribution in [2.45, 2.75) is 69.0 Å². The Morgan fingerprint density at radius 1 is 1.27 bits per heavy atom. The van der Waals surface area contributed by atoms with Gasteiger partial charge in [-0.2, -0.15) is 0 Å². The zero-order valence-electron chi connectivity index (χ0n) is 15.8. The van der Waals surface area contributed by atoms with Crippen molar-refractivity contribution in [3.05, 3.63) is 29.8 Å². The van der Waals surface area contributed by atoms with Crippen molar-refractivity contribution >= 4 is 23.6 Å². The predicted molar refractivity (Wildman–Crippen MR) is 104 cm³/mol. The highest BCUT2D eigenvalue weighted by molar-refractivity contribution is 7.99. The van der Waals surface area contributed by atoms with Gasteiger partial charge in [-0.15, -0.1) is 11.8 Å². The molecule has 1 aliphatic rings. The molecule has 0 aromatic heterocycles. The van der Waals surface area contributed by atoms with Gasteiger partial charge < -0.3 is 15.2 Å². The average molecular weight is 380 g/mol. The second-order valence-corrected chi connectivity index (χ2v) is 8.90. The number of Topliss-reactive ketones (excluding diaryl/α,β-unsaturated/α-hetero) is 1. The quantitative estimate of drug-likeness (QED) is 0.549. The molecule has 1 fully saturated rings. The highest BCUT2D eigenvalue weighted by atomic mass is 32.2. The molecule has 0 unspecified atom stereocenters. The van der Waals surface area contributed by atoms with Crippen molar-refractivity contribution < 1.29 is 19.4 Å². The van der Waals surface area contributed by atoms with Crippen molar-refractivity contribution in [1.29, 1.82) is 0 Å². The first-order valence-corrected chi connectivity index (χ1v) is 10.1. The SMILES string of the molecule is CC(C)(C)OC(=O)NCCC(=O)c1cccc(SCC2(O)CCCC2)c1. The lowest BCUT2D eigenvalue weighted by atomic mass is 10.1. The number of carbonyl (C=O) groups is 2. The maximum absolute atomic E-state index is 12.3. The second-order valence-electron chi connectivity index (χ2n) is 7.85. The fourth-order valence-electron chi connectivity index (χ4n) is 2.89. The van der Waals surface area contributed by atoms with Crippen LogP contribution in [-0.2, 0) is 4.74 Å². The molecule has 1 aliphatic carbocycles. The molecule has 1 saturated carbocycles. The number of ether oxygens (including phenoxy) is 1. The van der Waals surface area contributed by atoms with Crippen LogP contribution in [0.15, 0.2) is 29.2 Å². The van der Waals surface area contributed by atoms with Crippen LogP contribution in [0, 0.1) is 0 Å². The third-order valence-corrected chi connectivity index (χ3v) is 5.49. The summed E-state index contributed by atoms with van der Waals surface area (Å²) in [7, 11) is 0. The van der Waals surface area contributed by atoms with E-state index in [-0.39, 0.29) is 18.7 Å². The van der Waals surface area contributed by atoms with E-state index in [9.17, 15) is 14.7 Å². The minimum absolute atomic E-state index is 0.0249. The van der Waals surface area contributed by atoms with E-state index in [0.717, 1.165) is 30.6 Å². The molecule has 1 aromatic carbocycles.